The standard InChI is InChI=1S/C30H55BrO6/c1-20(12-13-22(32)29(7)19-16-23(36-29)26(2,3)33)10-9-11-24-28(6,34)17-15-25(35-24)30(8)18-14-21(31)27(4,5)37-30/h20-25,32-34H,9-19H2,1-8H3/t20-,21+,22-,23+,24+,25+,28-,29+,30-/m1/s1. The second-order valence-corrected chi connectivity index (χ2v) is 15.4. The van der Waals surface area contributed by atoms with Crippen molar-refractivity contribution in [2.45, 2.75) is 183 Å². The second kappa shape index (κ2) is 11.6. The summed E-state index contributed by atoms with van der Waals surface area (Å²) in [5.41, 5.74) is -2.88. The number of rotatable bonds is 10. The zero-order chi connectivity index (χ0) is 27.9. The van der Waals surface area contributed by atoms with Crippen molar-refractivity contribution in [2.24, 2.45) is 5.92 Å². The van der Waals surface area contributed by atoms with Crippen LogP contribution in [0.3, 0.4) is 0 Å². The molecule has 0 amide bonds. The molecular weight excluding hydrogens is 536 g/mol. The quantitative estimate of drug-likeness (QED) is 0.268. The van der Waals surface area contributed by atoms with Crippen molar-refractivity contribution in [1.29, 1.82) is 0 Å². The molecule has 0 aromatic heterocycles. The van der Waals surface area contributed by atoms with Crippen molar-refractivity contribution in [3.8, 4) is 0 Å². The first-order valence-electron chi connectivity index (χ1n) is 14.7. The van der Waals surface area contributed by atoms with E-state index in [1.54, 1.807) is 13.8 Å². The summed E-state index contributed by atoms with van der Waals surface area (Å²) >= 11 is 3.78. The molecule has 0 saturated carbocycles. The fourth-order valence-corrected chi connectivity index (χ4v) is 7.00. The number of aliphatic hydroxyl groups excluding tert-OH is 1. The molecule has 3 saturated heterocycles. The molecule has 0 spiro atoms. The van der Waals surface area contributed by atoms with Gasteiger partial charge < -0.3 is 29.5 Å². The van der Waals surface area contributed by atoms with E-state index in [-0.39, 0.29) is 29.5 Å². The number of alkyl halides is 1. The maximum absolute atomic E-state index is 11.1. The second-order valence-electron chi connectivity index (χ2n) is 14.3. The first-order valence-corrected chi connectivity index (χ1v) is 15.6. The zero-order valence-electron chi connectivity index (χ0n) is 24.7. The molecule has 9 atom stereocenters. The third kappa shape index (κ3) is 7.71. The van der Waals surface area contributed by atoms with E-state index in [4.69, 9.17) is 14.2 Å². The van der Waals surface area contributed by atoms with Crippen molar-refractivity contribution in [1.82, 2.24) is 0 Å². The lowest BCUT2D eigenvalue weighted by molar-refractivity contribution is -0.262. The minimum absolute atomic E-state index is 0.00977. The summed E-state index contributed by atoms with van der Waals surface area (Å²) < 4.78 is 19.3. The Morgan fingerprint density at radius 3 is 2.24 bits per heavy atom. The highest BCUT2D eigenvalue weighted by molar-refractivity contribution is 9.09. The highest BCUT2D eigenvalue weighted by Gasteiger charge is 2.51. The smallest absolute Gasteiger partial charge is 0.0923 e. The van der Waals surface area contributed by atoms with Crippen LogP contribution in [0.2, 0.25) is 0 Å². The number of hydrogen-bond donors (Lipinski definition) is 3. The summed E-state index contributed by atoms with van der Waals surface area (Å²) in [7, 11) is 0. The molecule has 0 bridgehead atoms. The van der Waals surface area contributed by atoms with Gasteiger partial charge in [0.25, 0.3) is 0 Å². The molecule has 3 aliphatic heterocycles. The maximum Gasteiger partial charge on any atom is 0.0923 e. The highest BCUT2D eigenvalue weighted by atomic mass is 79.9. The molecule has 6 nitrogen and oxygen atoms in total. The van der Waals surface area contributed by atoms with Crippen molar-refractivity contribution in [3.63, 3.8) is 0 Å². The molecule has 3 heterocycles. The summed E-state index contributed by atoms with van der Waals surface area (Å²) in [6.45, 7) is 16.1. The van der Waals surface area contributed by atoms with Gasteiger partial charge in [-0.1, -0.05) is 35.7 Å². The Balaban J connectivity index is 1.46. The van der Waals surface area contributed by atoms with Crippen LogP contribution in [0.4, 0.5) is 0 Å². The molecule has 0 radical (unpaired) electrons. The van der Waals surface area contributed by atoms with E-state index in [0.717, 1.165) is 64.2 Å². The van der Waals surface area contributed by atoms with Gasteiger partial charge >= 0.3 is 0 Å². The van der Waals surface area contributed by atoms with Gasteiger partial charge in [0.15, 0.2) is 0 Å². The van der Waals surface area contributed by atoms with Gasteiger partial charge in [-0.05, 0) is 112 Å². The first kappa shape index (κ1) is 31.8. The fraction of sp³-hybridized carbons (Fsp3) is 1.00. The Bertz CT molecular complexity index is 751. The van der Waals surface area contributed by atoms with Gasteiger partial charge in [0.2, 0.25) is 0 Å². The van der Waals surface area contributed by atoms with Crippen molar-refractivity contribution in [3.05, 3.63) is 0 Å². The van der Waals surface area contributed by atoms with E-state index < -0.39 is 22.9 Å². The summed E-state index contributed by atoms with van der Waals surface area (Å²) in [6, 6.07) is 0. The van der Waals surface area contributed by atoms with Crippen LogP contribution < -0.4 is 0 Å². The minimum Gasteiger partial charge on any atom is -0.390 e. The molecule has 3 aliphatic rings. The Morgan fingerprint density at radius 2 is 1.65 bits per heavy atom. The molecule has 0 aliphatic carbocycles. The lowest BCUT2D eigenvalue weighted by Gasteiger charge is -2.53. The van der Waals surface area contributed by atoms with E-state index in [9.17, 15) is 15.3 Å². The number of ether oxygens (including phenoxy) is 3. The van der Waals surface area contributed by atoms with Crippen molar-refractivity contribution < 1.29 is 29.5 Å². The molecule has 3 fully saturated rings. The predicted octanol–water partition coefficient (Wildman–Crippen LogP) is 6.05. The van der Waals surface area contributed by atoms with Gasteiger partial charge in [0, 0.05) is 4.83 Å². The highest BCUT2D eigenvalue weighted by Crippen LogP contribution is 2.46. The average Bonchev–Trinajstić information content (AvgIpc) is 3.19. The van der Waals surface area contributed by atoms with Crippen LogP contribution in [0.1, 0.15) is 126 Å². The molecule has 0 aromatic carbocycles. The van der Waals surface area contributed by atoms with Crippen molar-refractivity contribution >= 4 is 15.9 Å². The normalized spacial score (nSPS) is 42.5. The minimum atomic E-state index is -0.890. The average molecular weight is 592 g/mol. The molecule has 0 unspecified atom stereocenters. The van der Waals surface area contributed by atoms with Gasteiger partial charge in [0.05, 0.1) is 52.4 Å². The summed E-state index contributed by atoms with van der Waals surface area (Å²) in [5, 5.41) is 32.3. The molecule has 3 rings (SSSR count). The monoisotopic (exact) mass is 590 g/mol. The molecule has 218 valence electrons. The van der Waals surface area contributed by atoms with E-state index >= 15 is 0 Å². The predicted molar refractivity (Wildman–Crippen MR) is 151 cm³/mol. The van der Waals surface area contributed by atoms with Crippen LogP contribution in [0.5, 0.6) is 0 Å². The lowest BCUT2D eigenvalue weighted by Crippen LogP contribution is -2.60. The topological polar surface area (TPSA) is 88.4 Å². The van der Waals surface area contributed by atoms with Crippen LogP contribution in [0.15, 0.2) is 0 Å². The molecule has 7 heteroatoms. The van der Waals surface area contributed by atoms with Gasteiger partial charge in [0.1, 0.15) is 0 Å². The molecular formula is C30H55BrO6. The van der Waals surface area contributed by atoms with Gasteiger partial charge in [-0.25, -0.2) is 0 Å². The van der Waals surface area contributed by atoms with Crippen LogP contribution in [-0.4, -0.2) is 72.6 Å². The maximum atomic E-state index is 11.1. The summed E-state index contributed by atoms with van der Waals surface area (Å²) in [5.74, 6) is 0.463. The Hall–Kier alpha value is 0.240. The molecule has 0 aromatic rings. The Kier molecular flexibility index (Phi) is 9.97. The number of aliphatic hydroxyl groups is 3. The fourth-order valence-electron chi connectivity index (χ4n) is 6.68. The van der Waals surface area contributed by atoms with E-state index in [2.05, 4.69) is 43.6 Å². The number of hydrogen-bond acceptors (Lipinski definition) is 6. The Morgan fingerprint density at radius 1 is 0.973 bits per heavy atom. The molecule has 3 N–H and O–H groups in total. The first-order chi connectivity index (χ1) is 16.9. The van der Waals surface area contributed by atoms with Gasteiger partial charge in [-0.2, -0.15) is 0 Å². The van der Waals surface area contributed by atoms with Gasteiger partial charge in [-0.15, -0.1) is 0 Å². The van der Waals surface area contributed by atoms with Crippen LogP contribution in [-0.2, 0) is 14.2 Å². The lowest BCUT2D eigenvalue weighted by atomic mass is 9.78. The summed E-state index contributed by atoms with van der Waals surface area (Å²) in [6.07, 6.45) is 8.55. The van der Waals surface area contributed by atoms with E-state index in [1.807, 2.05) is 13.8 Å². The van der Waals surface area contributed by atoms with Crippen LogP contribution >= 0.6 is 15.9 Å². The third-order valence-electron chi connectivity index (χ3n) is 9.66. The SMILES string of the molecule is C[C@H](CCC[C@@H]1O[C@H]([C@@]2(C)CC[C@H](Br)C(C)(C)O2)CC[C@@]1(C)O)CC[C@@H](O)[C@]1(C)CC[C@@H](C(C)(C)O)O1. The molecule has 37 heavy (non-hydrogen) atoms. The van der Waals surface area contributed by atoms with Gasteiger partial charge in [-0.3, -0.25) is 0 Å². The number of halogens is 1. The third-order valence-corrected chi connectivity index (χ3v) is 11.2. The largest absolute Gasteiger partial charge is 0.390 e. The van der Waals surface area contributed by atoms with E-state index in [1.165, 1.54) is 0 Å². The van der Waals surface area contributed by atoms with E-state index in [0.29, 0.717) is 17.2 Å². The summed E-state index contributed by atoms with van der Waals surface area (Å²) in [4.78, 5) is 0.335. The van der Waals surface area contributed by atoms with Crippen LogP contribution in [0, 0.1) is 5.92 Å². The van der Waals surface area contributed by atoms with Crippen LogP contribution in [0.25, 0.3) is 0 Å². The Labute approximate surface area is 234 Å². The van der Waals surface area contributed by atoms with Crippen molar-refractivity contribution in [2.75, 3.05) is 0 Å². The zero-order valence-corrected chi connectivity index (χ0v) is 26.3.